The number of benzene rings is 7. The predicted molar refractivity (Wildman–Crippen MR) is 182 cm³/mol. The van der Waals surface area contributed by atoms with Gasteiger partial charge in [0.1, 0.15) is 16.2 Å². The summed E-state index contributed by atoms with van der Waals surface area (Å²) in [6.45, 7) is 0. The molecule has 0 bridgehead atoms. The van der Waals surface area contributed by atoms with Crippen molar-refractivity contribution in [1.29, 1.82) is 0 Å². The zero-order valence-corrected chi connectivity index (χ0v) is 23.7. The number of para-hydroxylation sites is 2. The highest BCUT2D eigenvalue weighted by Crippen LogP contribution is 2.45. The third kappa shape index (κ3) is 3.27. The molecule has 10 aromatic rings. The molecule has 43 heavy (non-hydrogen) atoms. The Balaban J connectivity index is 1.33. The van der Waals surface area contributed by atoms with Gasteiger partial charge < -0.3 is 8.98 Å². The van der Waals surface area contributed by atoms with Crippen molar-refractivity contribution in [3.05, 3.63) is 133 Å². The normalized spacial score (nSPS) is 12.2. The molecule has 7 aromatic carbocycles. The fraction of sp³-hybridized carbons (Fsp3) is 0. The summed E-state index contributed by atoms with van der Waals surface area (Å²) < 4.78 is 10.2. The van der Waals surface area contributed by atoms with E-state index in [1.165, 1.54) is 42.7 Å². The molecular formula is C39H22N2OS. The van der Waals surface area contributed by atoms with Gasteiger partial charge in [-0.1, -0.05) is 78.9 Å². The molecule has 0 saturated heterocycles. The zero-order valence-electron chi connectivity index (χ0n) is 22.9. The minimum Gasteiger partial charge on any atom is -0.456 e. The molecule has 0 atom stereocenters. The zero-order chi connectivity index (χ0) is 28.1. The molecule has 3 heterocycles. The molecule has 0 amide bonds. The highest BCUT2D eigenvalue weighted by Gasteiger charge is 2.21. The SMILES string of the molecule is c1ccc2cc3c(cc2c1)c1ccccc1n3-c1ccc2oc3cc4ccccc4c(-c4nc5ccccc5s4)c3c2c1. The van der Waals surface area contributed by atoms with Crippen molar-refractivity contribution < 1.29 is 4.42 Å². The van der Waals surface area contributed by atoms with Crippen molar-refractivity contribution in [2.45, 2.75) is 0 Å². The van der Waals surface area contributed by atoms with Gasteiger partial charge in [-0.3, -0.25) is 0 Å². The molecule has 0 aliphatic heterocycles. The summed E-state index contributed by atoms with van der Waals surface area (Å²) >= 11 is 1.74. The number of thiazole rings is 1. The quantitative estimate of drug-likeness (QED) is 0.208. The van der Waals surface area contributed by atoms with Crippen LogP contribution in [0.3, 0.4) is 0 Å². The molecule has 4 heteroatoms. The van der Waals surface area contributed by atoms with Crippen molar-refractivity contribution in [2.75, 3.05) is 0 Å². The summed E-state index contributed by atoms with van der Waals surface area (Å²) in [6, 6.07) is 47.7. The second kappa shape index (κ2) is 8.54. The maximum absolute atomic E-state index is 6.57. The maximum Gasteiger partial charge on any atom is 0.136 e. The van der Waals surface area contributed by atoms with Gasteiger partial charge in [-0.2, -0.15) is 0 Å². The number of fused-ring (bicyclic) bond motifs is 9. The van der Waals surface area contributed by atoms with Crippen molar-refractivity contribution in [2.24, 2.45) is 0 Å². The summed E-state index contributed by atoms with van der Waals surface area (Å²) in [7, 11) is 0. The van der Waals surface area contributed by atoms with Crippen LogP contribution in [-0.4, -0.2) is 9.55 Å². The number of rotatable bonds is 2. The van der Waals surface area contributed by atoms with Crippen LogP contribution in [0.25, 0.3) is 91.8 Å². The summed E-state index contributed by atoms with van der Waals surface area (Å²) in [5.74, 6) is 0. The number of aromatic nitrogens is 2. The molecule has 0 fully saturated rings. The molecule has 0 radical (unpaired) electrons. The molecule has 0 unspecified atom stereocenters. The minimum atomic E-state index is 0.877. The Morgan fingerprint density at radius 3 is 2.16 bits per heavy atom. The standard InChI is InChI=1S/C39H22N2OS/c1-2-10-24-20-33-29(19-23(24)9-1)28-13-5-7-15-32(28)41(33)26-17-18-34-30(22-26)37-35(42-34)21-25-11-3-4-12-27(25)38(37)39-40-31-14-6-8-16-36(31)43-39/h1-22H. The lowest BCUT2D eigenvalue weighted by Crippen LogP contribution is -1.93. The molecule has 0 aliphatic rings. The molecule has 0 aliphatic carbocycles. The van der Waals surface area contributed by atoms with Crippen LogP contribution in [-0.2, 0) is 0 Å². The first kappa shape index (κ1) is 23.1. The number of hydrogen-bond acceptors (Lipinski definition) is 3. The van der Waals surface area contributed by atoms with Crippen molar-refractivity contribution in [3.8, 4) is 16.3 Å². The molecule has 0 N–H and O–H groups in total. The molecule has 10 rings (SSSR count). The Kier molecular flexibility index (Phi) is 4.60. The first-order chi connectivity index (χ1) is 21.3. The van der Waals surface area contributed by atoms with Crippen molar-refractivity contribution in [1.82, 2.24) is 9.55 Å². The Bertz CT molecular complexity index is 2710. The third-order valence-electron chi connectivity index (χ3n) is 8.77. The van der Waals surface area contributed by atoms with Crippen molar-refractivity contribution >= 4 is 86.8 Å². The van der Waals surface area contributed by atoms with E-state index in [-0.39, 0.29) is 0 Å². The van der Waals surface area contributed by atoms with Crippen LogP contribution < -0.4 is 0 Å². The smallest absolute Gasteiger partial charge is 0.136 e. The van der Waals surface area contributed by atoms with E-state index in [1.54, 1.807) is 11.3 Å². The number of furan rings is 1. The van der Waals surface area contributed by atoms with E-state index < -0.39 is 0 Å². The van der Waals surface area contributed by atoms with Crippen LogP contribution in [0.5, 0.6) is 0 Å². The number of hydrogen-bond donors (Lipinski definition) is 0. The van der Waals surface area contributed by atoms with E-state index in [2.05, 4.69) is 138 Å². The largest absolute Gasteiger partial charge is 0.456 e. The van der Waals surface area contributed by atoms with Gasteiger partial charge in [0.25, 0.3) is 0 Å². The van der Waals surface area contributed by atoms with Crippen LogP contribution >= 0.6 is 11.3 Å². The topological polar surface area (TPSA) is 31.0 Å². The summed E-state index contributed by atoms with van der Waals surface area (Å²) in [6.07, 6.45) is 0. The Labute approximate surface area is 249 Å². The molecule has 3 aromatic heterocycles. The van der Waals surface area contributed by atoms with E-state index in [0.29, 0.717) is 0 Å². The average molecular weight is 567 g/mol. The summed E-state index contributed by atoms with van der Waals surface area (Å²) in [5, 5.41) is 10.6. The van der Waals surface area contributed by atoms with Gasteiger partial charge in [0.15, 0.2) is 0 Å². The summed E-state index contributed by atoms with van der Waals surface area (Å²) in [5.41, 5.74) is 7.42. The van der Waals surface area contributed by atoms with E-state index in [1.807, 2.05) is 0 Å². The second-order valence-corrected chi connectivity index (χ2v) is 12.2. The van der Waals surface area contributed by atoms with Gasteiger partial charge in [0.2, 0.25) is 0 Å². The van der Waals surface area contributed by atoms with Crippen LogP contribution in [0, 0.1) is 0 Å². The van der Waals surface area contributed by atoms with Gasteiger partial charge >= 0.3 is 0 Å². The van der Waals surface area contributed by atoms with E-state index >= 15 is 0 Å². The van der Waals surface area contributed by atoms with Crippen LogP contribution in [0.4, 0.5) is 0 Å². The molecule has 200 valence electrons. The van der Waals surface area contributed by atoms with Gasteiger partial charge in [0, 0.05) is 32.8 Å². The third-order valence-corrected chi connectivity index (χ3v) is 9.83. The average Bonchev–Trinajstić information content (AvgIpc) is 3.73. The Morgan fingerprint density at radius 1 is 0.535 bits per heavy atom. The highest BCUT2D eigenvalue weighted by atomic mass is 32.1. The van der Waals surface area contributed by atoms with Crippen LogP contribution in [0.1, 0.15) is 0 Å². The molecule has 3 nitrogen and oxygen atoms in total. The predicted octanol–water partition coefficient (Wildman–Crippen LogP) is 11.3. The lowest BCUT2D eigenvalue weighted by molar-refractivity contribution is 0.669. The first-order valence-corrected chi connectivity index (χ1v) is 15.3. The van der Waals surface area contributed by atoms with Crippen molar-refractivity contribution in [3.63, 3.8) is 0 Å². The number of nitrogens with zero attached hydrogens (tertiary/aromatic N) is 2. The van der Waals surface area contributed by atoms with Crippen LogP contribution in [0.2, 0.25) is 0 Å². The monoisotopic (exact) mass is 566 g/mol. The second-order valence-electron chi connectivity index (χ2n) is 11.2. The Morgan fingerprint density at radius 2 is 1.28 bits per heavy atom. The van der Waals surface area contributed by atoms with E-state index in [0.717, 1.165) is 49.1 Å². The van der Waals surface area contributed by atoms with Gasteiger partial charge in [0.05, 0.1) is 21.3 Å². The summed E-state index contributed by atoms with van der Waals surface area (Å²) in [4.78, 5) is 5.12. The fourth-order valence-electron chi connectivity index (χ4n) is 6.86. The molecular weight excluding hydrogens is 545 g/mol. The van der Waals surface area contributed by atoms with Crippen LogP contribution in [0.15, 0.2) is 138 Å². The highest BCUT2D eigenvalue weighted by molar-refractivity contribution is 7.21. The maximum atomic E-state index is 6.57. The van der Waals surface area contributed by atoms with Gasteiger partial charge in [-0.05, 0) is 76.1 Å². The minimum absolute atomic E-state index is 0.877. The lowest BCUT2D eigenvalue weighted by atomic mass is 9.98. The van der Waals surface area contributed by atoms with E-state index in [4.69, 9.17) is 9.40 Å². The fourth-order valence-corrected chi connectivity index (χ4v) is 7.90. The molecule has 0 spiro atoms. The lowest BCUT2D eigenvalue weighted by Gasteiger charge is -2.09. The first-order valence-electron chi connectivity index (χ1n) is 14.5. The van der Waals surface area contributed by atoms with Gasteiger partial charge in [-0.25, -0.2) is 4.98 Å². The van der Waals surface area contributed by atoms with E-state index in [9.17, 15) is 0 Å². The molecule has 0 saturated carbocycles. The van der Waals surface area contributed by atoms with Gasteiger partial charge in [-0.15, -0.1) is 11.3 Å². The Hall–Kier alpha value is -5.45.